The number of benzene rings is 2. The van der Waals surface area contributed by atoms with Crippen molar-refractivity contribution < 1.29 is 0 Å². The van der Waals surface area contributed by atoms with E-state index in [0.29, 0.717) is 0 Å². The number of nitrogens with zero attached hydrogens (tertiary/aromatic N) is 2. The standard InChI is InChI=1S/C21H19N3/c1-21(2)12-18-16(13-22-24(18)14-8-4-3-5-9-14)20-19(21)15-10-6-7-11-17(15)23-20/h3-11,13,23H,12H2,1-2H3. The highest BCUT2D eigenvalue weighted by Gasteiger charge is 2.36. The van der Waals surface area contributed by atoms with Crippen LogP contribution >= 0.6 is 0 Å². The lowest BCUT2D eigenvalue weighted by Crippen LogP contribution is -2.26. The molecule has 2 aromatic heterocycles. The molecule has 0 unspecified atom stereocenters. The first-order valence-corrected chi connectivity index (χ1v) is 8.39. The molecule has 3 nitrogen and oxygen atoms in total. The molecule has 2 aromatic carbocycles. The number of aromatic nitrogens is 3. The highest BCUT2D eigenvalue weighted by molar-refractivity contribution is 5.93. The quantitative estimate of drug-likeness (QED) is 0.535. The Balaban J connectivity index is 1.81. The Bertz CT molecular complexity index is 1050. The van der Waals surface area contributed by atoms with Crippen LogP contribution in [0.4, 0.5) is 0 Å². The summed E-state index contributed by atoms with van der Waals surface area (Å²) in [5, 5.41) is 6.03. The summed E-state index contributed by atoms with van der Waals surface area (Å²) < 4.78 is 2.09. The molecule has 0 radical (unpaired) electrons. The van der Waals surface area contributed by atoms with Crippen molar-refractivity contribution in [3.8, 4) is 16.9 Å². The molecule has 0 fully saturated rings. The number of hydrogen-bond acceptors (Lipinski definition) is 1. The molecule has 0 spiro atoms. The number of H-pyrrole nitrogens is 1. The van der Waals surface area contributed by atoms with Crippen LogP contribution in [0.1, 0.15) is 25.1 Å². The molecule has 24 heavy (non-hydrogen) atoms. The lowest BCUT2D eigenvalue weighted by Gasteiger charge is -2.31. The van der Waals surface area contributed by atoms with Gasteiger partial charge in [0.1, 0.15) is 0 Å². The normalized spacial score (nSPS) is 15.2. The molecule has 1 aliphatic rings. The van der Waals surface area contributed by atoms with Gasteiger partial charge in [-0.15, -0.1) is 0 Å². The summed E-state index contributed by atoms with van der Waals surface area (Å²) in [6, 6.07) is 19.0. The van der Waals surface area contributed by atoms with E-state index in [9.17, 15) is 0 Å². The van der Waals surface area contributed by atoms with Gasteiger partial charge in [-0.25, -0.2) is 4.68 Å². The largest absolute Gasteiger partial charge is 0.354 e. The summed E-state index contributed by atoms with van der Waals surface area (Å²) in [5.41, 5.74) is 7.54. The fraction of sp³-hybridized carbons (Fsp3) is 0.190. The van der Waals surface area contributed by atoms with Crippen LogP contribution in [0.3, 0.4) is 0 Å². The predicted molar refractivity (Wildman–Crippen MR) is 97.6 cm³/mol. The molecule has 0 bridgehead atoms. The van der Waals surface area contributed by atoms with Crippen molar-refractivity contribution in [3.63, 3.8) is 0 Å². The zero-order chi connectivity index (χ0) is 16.3. The Morgan fingerprint density at radius 1 is 1.00 bits per heavy atom. The monoisotopic (exact) mass is 313 g/mol. The molecular weight excluding hydrogens is 294 g/mol. The van der Waals surface area contributed by atoms with Crippen molar-refractivity contribution >= 4 is 10.9 Å². The fourth-order valence-electron chi connectivity index (χ4n) is 4.10. The van der Waals surface area contributed by atoms with Crippen molar-refractivity contribution in [2.24, 2.45) is 0 Å². The van der Waals surface area contributed by atoms with E-state index in [1.54, 1.807) is 0 Å². The second-order valence-corrected chi connectivity index (χ2v) is 7.23. The Kier molecular flexibility index (Phi) is 2.61. The Morgan fingerprint density at radius 2 is 1.75 bits per heavy atom. The third-order valence-electron chi connectivity index (χ3n) is 5.13. The fourth-order valence-corrected chi connectivity index (χ4v) is 4.10. The van der Waals surface area contributed by atoms with Crippen LogP contribution in [0, 0.1) is 0 Å². The van der Waals surface area contributed by atoms with Gasteiger partial charge in [0.25, 0.3) is 0 Å². The summed E-state index contributed by atoms with van der Waals surface area (Å²) in [6.45, 7) is 4.66. The number of hydrogen-bond donors (Lipinski definition) is 1. The average Bonchev–Trinajstić information content (AvgIpc) is 3.16. The van der Waals surface area contributed by atoms with E-state index < -0.39 is 0 Å². The van der Waals surface area contributed by atoms with Crippen LogP contribution in [0.2, 0.25) is 0 Å². The zero-order valence-electron chi connectivity index (χ0n) is 13.9. The molecule has 0 aliphatic heterocycles. The van der Waals surface area contributed by atoms with Gasteiger partial charge in [0.2, 0.25) is 0 Å². The summed E-state index contributed by atoms with van der Waals surface area (Å²) in [5.74, 6) is 0. The Morgan fingerprint density at radius 3 is 2.58 bits per heavy atom. The van der Waals surface area contributed by atoms with E-state index in [2.05, 4.69) is 72.0 Å². The predicted octanol–water partition coefficient (Wildman–Crippen LogP) is 4.85. The number of fused-ring (bicyclic) bond motifs is 5. The maximum absolute atomic E-state index is 4.70. The van der Waals surface area contributed by atoms with Crippen LogP contribution in [0.5, 0.6) is 0 Å². The summed E-state index contributed by atoms with van der Waals surface area (Å²) in [4.78, 5) is 3.64. The topological polar surface area (TPSA) is 33.6 Å². The van der Waals surface area contributed by atoms with Crippen LogP contribution in [-0.2, 0) is 11.8 Å². The Hall–Kier alpha value is -2.81. The minimum absolute atomic E-state index is 0.0640. The summed E-state index contributed by atoms with van der Waals surface area (Å²) >= 11 is 0. The number of para-hydroxylation sites is 2. The van der Waals surface area contributed by atoms with Crippen LogP contribution < -0.4 is 0 Å². The van der Waals surface area contributed by atoms with E-state index in [-0.39, 0.29) is 5.41 Å². The first-order chi connectivity index (χ1) is 11.6. The lowest BCUT2D eigenvalue weighted by atomic mass is 9.73. The van der Waals surface area contributed by atoms with Gasteiger partial charge in [-0.05, 0) is 35.6 Å². The molecule has 0 saturated heterocycles. The van der Waals surface area contributed by atoms with E-state index in [0.717, 1.165) is 12.1 Å². The van der Waals surface area contributed by atoms with Gasteiger partial charge in [0, 0.05) is 16.5 Å². The van der Waals surface area contributed by atoms with Gasteiger partial charge in [-0.2, -0.15) is 5.10 Å². The van der Waals surface area contributed by atoms with Crippen LogP contribution in [-0.4, -0.2) is 14.8 Å². The highest BCUT2D eigenvalue weighted by Crippen LogP contribution is 2.46. The molecular formula is C21H19N3. The SMILES string of the molecule is CC1(C)Cc2c(cnn2-c2ccccc2)-c2[nH]c3ccccc3c21. The minimum atomic E-state index is 0.0640. The maximum Gasteiger partial charge on any atom is 0.0649 e. The first-order valence-electron chi connectivity index (χ1n) is 8.39. The second kappa shape index (κ2) is 4.60. The molecule has 1 N–H and O–H groups in total. The highest BCUT2D eigenvalue weighted by atomic mass is 15.3. The van der Waals surface area contributed by atoms with Crippen molar-refractivity contribution in [2.75, 3.05) is 0 Å². The van der Waals surface area contributed by atoms with Gasteiger partial charge in [-0.1, -0.05) is 50.2 Å². The third-order valence-corrected chi connectivity index (χ3v) is 5.13. The van der Waals surface area contributed by atoms with E-state index in [1.165, 1.54) is 33.4 Å². The van der Waals surface area contributed by atoms with Gasteiger partial charge in [-0.3, -0.25) is 0 Å². The Labute approximate surface area is 140 Å². The lowest BCUT2D eigenvalue weighted by molar-refractivity contribution is 0.506. The van der Waals surface area contributed by atoms with E-state index in [4.69, 9.17) is 5.10 Å². The van der Waals surface area contributed by atoms with E-state index >= 15 is 0 Å². The second-order valence-electron chi connectivity index (χ2n) is 7.23. The number of nitrogens with one attached hydrogen (secondary N) is 1. The number of rotatable bonds is 1. The third kappa shape index (κ3) is 1.75. The van der Waals surface area contributed by atoms with Gasteiger partial charge < -0.3 is 4.98 Å². The van der Waals surface area contributed by atoms with E-state index in [1.807, 2.05) is 12.3 Å². The average molecular weight is 313 g/mol. The molecule has 0 amide bonds. The zero-order valence-corrected chi connectivity index (χ0v) is 13.9. The van der Waals surface area contributed by atoms with Crippen molar-refractivity contribution in [3.05, 3.63) is 72.1 Å². The van der Waals surface area contributed by atoms with Crippen molar-refractivity contribution in [2.45, 2.75) is 25.7 Å². The van der Waals surface area contributed by atoms with Crippen molar-refractivity contribution in [1.82, 2.24) is 14.8 Å². The van der Waals surface area contributed by atoms with Gasteiger partial charge in [0.05, 0.1) is 23.3 Å². The summed E-state index contributed by atoms with van der Waals surface area (Å²) in [7, 11) is 0. The van der Waals surface area contributed by atoms with Crippen molar-refractivity contribution in [1.29, 1.82) is 0 Å². The van der Waals surface area contributed by atoms with Crippen LogP contribution in [0.15, 0.2) is 60.8 Å². The first kappa shape index (κ1) is 13.6. The molecule has 0 atom stereocenters. The molecule has 0 saturated carbocycles. The molecule has 1 aliphatic carbocycles. The maximum atomic E-state index is 4.70. The molecule has 118 valence electrons. The number of aromatic amines is 1. The van der Waals surface area contributed by atoms with Gasteiger partial charge in [0.15, 0.2) is 0 Å². The van der Waals surface area contributed by atoms with Gasteiger partial charge >= 0.3 is 0 Å². The molecule has 2 heterocycles. The minimum Gasteiger partial charge on any atom is -0.354 e. The summed E-state index contributed by atoms with van der Waals surface area (Å²) in [6.07, 6.45) is 2.98. The van der Waals surface area contributed by atoms with Crippen LogP contribution in [0.25, 0.3) is 27.8 Å². The molecule has 3 heteroatoms. The smallest absolute Gasteiger partial charge is 0.0649 e. The molecule has 4 aromatic rings. The molecule has 5 rings (SSSR count).